The van der Waals surface area contributed by atoms with E-state index in [-0.39, 0.29) is 6.04 Å². The van der Waals surface area contributed by atoms with Crippen molar-refractivity contribution >= 4 is 17.5 Å². The minimum Gasteiger partial charge on any atom is -0.257 e. The highest BCUT2D eigenvalue weighted by Gasteiger charge is 2.28. The van der Waals surface area contributed by atoms with Gasteiger partial charge in [-0.3, -0.25) is 5.01 Å². The van der Waals surface area contributed by atoms with Gasteiger partial charge in [0.1, 0.15) is 0 Å². The molecule has 1 heterocycles. The Hall–Kier alpha value is -3.13. The van der Waals surface area contributed by atoms with Crippen LogP contribution in [0.25, 0.3) is 6.08 Å². The van der Waals surface area contributed by atoms with Gasteiger partial charge in [0.25, 0.3) is 0 Å². The Balaban J connectivity index is 1.68. The summed E-state index contributed by atoms with van der Waals surface area (Å²) in [6, 6.07) is 29.7. The number of aryl methyl sites for hydroxylation is 1. The maximum absolute atomic E-state index is 4.96. The summed E-state index contributed by atoms with van der Waals surface area (Å²) < 4.78 is 0. The number of benzene rings is 3. The molecule has 26 heavy (non-hydrogen) atoms. The van der Waals surface area contributed by atoms with E-state index in [1.807, 2.05) is 6.07 Å². The summed E-state index contributed by atoms with van der Waals surface area (Å²) in [6.07, 6.45) is 5.19. The van der Waals surface area contributed by atoms with Gasteiger partial charge >= 0.3 is 0 Å². The lowest BCUT2D eigenvalue weighted by atomic mass is 10.0. The van der Waals surface area contributed by atoms with Gasteiger partial charge in [-0.2, -0.15) is 5.10 Å². The standard InChI is InChI=1S/C24H22N2/c1-19-10-8-9-15-23(19)26-24(21-13-6-3-7-14-21)18-22(25-26)17-16-20-11-4-2-5-12-20/h2-17,24H,18H2,1H3/b17-16-/t24-/m0/s1. The molecule has 3 aromatic rings. The molecule has 0 amide bonds. The minimum absolute atomic E-state index is 0.229. The van der Waals surface area contributed by atoms with Crippen LogP contribution in [-0.4, -0.2) is 5.71 Å². The maximum atomic E-state index is 4.96. The lowest BCUT2D eigenvalue weighted by Crippen LogP contribution is -2.19. The van der Waals surface area contributed by atoms with Gasteiger partial charge in [-0.15, -0.1) is 0 Å². The summed E-state index contributed by atoms with van der Waals surface area (Å²) in [7, 11) is 0. The zero-order chi connectivity index (χ0) is 17.8. The van der Waals surface area contributed by atoms with E-state index in [0.717, 1.165) is 12.1 Å². The average Bonchev–Trinajstić information content (AvgIpc) is 3.12. The van der Waals surface area contributed by atoms with Crippen LogP contribution in [0.4, 0.5) is 5.69 Å². The number of para-hydroxylation sites is 1. The molecule has 0 spiro atoms. The number of nitrogens with zero attached hydrogens (tertiary/aromatic N) is 2. The van der Waals surface area contributed by atoms with E-state index in [0.29, 0.717) is 0 Å². The van der Waals surface area contributed by atoms with Crippen LogP contribution in [0.15, 0.2) is 96.1 Å². The molecule has 3 aromatic carbocycles. The molecule has 2 heteroatoms. The topological polar surface area (TPSA) is 15.6 Å². The third-order valence-electron chi connectivity index (χ3n) is 4.75. The summed E-state index contributed by atoms with van der Waals surface area (Å²) in [5.41, 5.74) is 6.00. The molecule has 0 aliphatic carbocycles. The summed E-state index contributed by atoms with van der Waals surface area (Å²) in [4.78, 5) is 0. The van der Waals surface area contributed by atoms with Crippen LogP contribution in [0.5, 0.6) is 0 Å². The SMILES string of the molecule is Cc1ccccc1N1N=C(/C=C\c2ccccc2)C[C@H]1c1ccccc1. The zero-order valence-corrected chi connectivity index (χ0v) is 14.9. The first-order valence-electron chi connectivity index (χ1n) is 9.02. The number of rotatable bonds is 4. The molecule has 0 radical (unpaired) electrons. The van der Waals surface area contributed by atoms with E-state index in [2.05, 4.69) is 103 Å². The van der Waals surface area contributed by atoms with Crippen molar-refractivity contribution < 1.29 is 0 Å². The second-order valence-electron chi connectivity index (χ2n) is 6.60. The first kappa shape index (κ1) is 16.3. The highest BCUT2D eigenvalue weighted by atomic mass is 15.5. The van der Waals surface area contributed by atoms with E-state index in [4.69, 9.17) is 5.10 Å². The Morgan fingerprint density at radius 2 is 1.46 bits per heavy atom. The predicted molar refractivity (Wildman–Crippen MR) is 110 cm³/mol. The third kappa shape index (κ3) is 3.45. The highest BCUT2D eigenvalue weighted by molar-refractivity contribution is 6.01. The minimum atomic E-state index is 0.229. The molecule has 4 rings (SSSR count). The predicted octanol–water partition coefficient (Wildman–Crippen LogP) is 6.02. The molecule has 0 aromatic heterocycles. The molecule has 128 valence electrons. The Kier molecular flexibility index (Phi) is 4.65. The van der Waals surface area contributed by atoms with Crippen molar-refractivity contribution in [3.63, 3.8) is 0 Å². The van der Waals surface area contributed by atoms with Gasteiger partial charge in [-0.1, -0.05) is 84.9 Å². The Bertz CT molecular complexity index is 927. The van der Waals surface area contributed by atoms with Gasteiger partial charge in [0.2, 0.25) is 0 Å². The molecule has 1 aliphatic rings. The Morgan fingerprint density at radius 3 is 2.19 bits per heavy atom. The number of allylic oxidation sites excluding steroid dienone is 1. The number of anilines is 1. The normalized spacial score (nSPS) is 16.9. The highest BCUT2D eigenvalue weighted by Crippen LogP contribution is 2.36. The van der Waals surface area contributed by atoms with E-state index in [1.54, 1.807) is 0 Å². The quantitative estimate of drug-likeness (QED) is 0.568. The van der Waals surface area contributed by atoms with Crippen LogP contribution in [0.1, 0.15) is 29.2 Å². The third-order valence-corrected chi connectivity index (χ3v) is 4.75. The van der Waals surface area contributed by atoms with Crippen molar-refractivity contribution in [2.24, 2.45) is 5.10 Å². The van der Waals surface area contributed by atoms with Gasteiger partial charge < -0.3 is 0 Å². The van der Waals surface area contributed by atoms with Gasteiger partial charge in [-0.25, -0.2) is 0 Å². The molecule has 0 unspecified atom stereocenters. The van der Waals surface area contributed by atoms with E-state index >= 15 is 0 Å². The first-order chi connectivity index (χ1) is 12.8. The average molecular weight is 338 g/mol. The molecule has 1 aliphatic heterocycles. The molecular formula is C24H22N2. The second-order valence-corrected chi connectivity index (χ2v) is 6.60. The fraction of sp³-hybridized carbons (Fsp3) is 0.125. The lowest BCUT2D eigenvalue weighted by molar-refractivity contribution is 0.707. The molecule has 0 N–H and O–H groups in total. The van der Waals surface area contributed by atoms with Crippen LogP contribution in [0.3, 0.4) is 0 Å². The molecule has 2 nitrogen and oxygen atoms in total. The van der Waals surface area contributed by atoms with Crippen molar-refractivity contribution in [3.8, 4) is 0 Å². The Morgan fingerprint density at radius 1 is 0.808 bits per heavy atom. The molecule has 0 saturated carbocycles. The number of hydrogen-bond acceptors (Lipinski definition) is 2. The molecule has 1 atom stereocenters. The lowest BCUT2D eigenvalue weighted by Gasteiger charge is -2.25. The fourth-order valence-corrected chi connectivity index (χ4v) is 3.37. The van der Waals surface area contributed by atoms with Crippen molar-refractivity contribution in [2.45, 2.75) is 19.4 Å². The van der Waals surface area contributed by atoms with Gasteiger partial charge in [0, 0.05) is 6.42 Å². The number of hydrogen-bond donors (Lipinski definition) is 0. The smallest absolute Gasteiger partial charge is 0.0831 e. The summed E-state index contributed by atoms with van der Waals surface area (Å²) in [6.45, 7) is 2.14. The van der Waals surface area contributed by atoms with Crippen LogP contribution in [-0.2, 0) is 0 Å². The van der Waals surface area contributed by atoms with Crippen molar-refractivity contribution in [2.75, 3.05) is 5.01 Å². The van der Waals surface area contributed by atoms with E-state index < -0.39 is 0 Å². The van der Waals surface area contributed by atoms with Gasteiger partial charge in [0.05, 0.1) is 17.4 Å². The van der Waals surface area contributed by atoms with Crippen LogP contribution >= 0.6 is 0 Å². The van der Waals surface area contributed by atoms with E-state index in [1.165, 1.54) is 22.4 Å². The zero-order valence-electron chi connectivity index (χ0n) is 14.9. The monoisotopic (exact) mass is 338 g/mol. The Labute approximate surface area is 155 Å². The fourth-order valence-electron chi connectivity index (χ4n) is 3.37. The summed E-state index contributed by atoms with van der Waals surface area (Å²) in [5, 5.41) is 7.13. The van der Waals surface area contributed by atoms with Crippen molar-refractivity contribution in [1.82, 2.24) is 0 Å². The van der Waals surface area contributed by atoms with Crippen LogP contribution < -0.4 is 5.01 Å². The van der Waals surface area contributed by atoms with Crippen LogP contribution in [0.2, 0.25) is 0 Å². The molecular weight excluding hydrogens is 316 g/mol. The largest absolute Gasteiger partial charge is 0.257 e. The maximum Gasteiger partial charge on any atom is 0.0831 e. The first-order valence-corrected chi connectivity index (χ1v) is 9.02. The van der Waals surface area contributed by atoms with Crippen molar-refractivity contribution in [1.29, 1.82) is 0 Å². The molecule has 0 fully saturated rings. The van der Waals surface area contributed by atoms with Crippen molar-refractivity contribution in [3.05, 3.63) is 108 Å². The van der Waals surface area contributed by atoms with Crippen LogP contribution in [0, 0.1) is 6.92 Å². The molecule has 0 bridgehead atoms. The summed E-state index contributed by atoms with van der Waals surface area (Å²) in [5.74, 6) is 0. The van der Waals surface area contributed by atoms with Gasteiger partial charge in [0.15, 0.2) is 0 Å². The number of hydrazone groups is 1. The molecule has 0 saturated heterocycles. The van der Waals surface area contributed by atoms with E-state index in [9.17, 15) is 0 Å². The van der Waals surface area contributed by atoms with Gasteiger partial charge in [-0.05, 0) is 35.8 Å². The second kappa shape index (κ2) is 7.40. The summed E-state index contributed by atoms with van der Waals surface area (Å²) >= 11 is 0.